The molecule has 1 rings (SSSR count). The van der Waals surface area contributed by atoms with Gasteiger partial charge in [-0.3, -0.25) is 9.59 Å². The van der Waals surface area contributed by atoms with E-state index in [4.69, 9.17) is 0 Å². The molecule has 0 heterocycles. The van der Waals surface area contributed by atoms with Gasteiger partial charge >= 0.3 is 0 Å². The van der Waals surface area contributed by atoms with E-state index in [0.29, 0.717) is 19.4 Å². The van der Waals surface area contributed by atoms with Crippen LogP contribution in [0.3, 0.4) is 0 Å². The van der Waals surface area contributed by atoms with Crippen LogP contribution in [0.4, 0.5) is 11.4 Å². The third-order valence-electron chi connectivity index (χ3n) is 2.98. The summed E-state index contributed by atoms with van der Waals surface area (Å²) < 4.78 is 0. The molecule has 5 nitrogen and oxygen atoms in total. The molecule has 0 unspecified atom stereocenters. The van der Waals surface area contributed by atoms with Gasteiger partial charge in [-0.2, -0.15) is 0 Å². The van der Waals surface area contributed by atoms with Gasteiger partial charge in [0.2, 0.25) is 11.8 Å². The Morgan fingerprint density at radius 3 is 2.20 bits per heavy atom. The van der Waals surface area contributed by atoms with Crippen LogP contribution in [0.25, 0.3) is 0 Å². The number of anilines is 2. The highest BCUT2D eigenvalue weighted by atomic mass is 16.2. The van der Waals surface area contributed by atoms with Crippen molar-refractivity contribution in [2.45, 2.75) is 33.6 Å². The number of rotatable bonds is 7. The normalized spacial score (nSPS) is 10.2. The van der Waals surface area contributed by atoms with Crippen molar-refractivity contribution in [1.82, 2.24) is 5.32 Å². The lowest BCUT2D eigenvalue weighted by atomic mass is 10.1. The van der Waals surface area contributed by atoms with Crippen LogP contribution in [0.2, 0.25) is 0 Å². The van der Waals surface area contributed by atoms with Gasteiger partial charge in [-0.05, 0) is 31.2 Å². The van der Waals surface area contributed by atoms with Crippen molar-refractivity contribution in [3.63, 3.8) is 0 Å². The summed E-state index contributed by atoms with van der Waals surface area (Å²) in [6.07, 6.45) is 0.859. The fourth-order valence-corrected chi connectivity index (χ4v) is 1.74. The van der Waals surface area contributed by atoms with Crippen LogP contribution < -0.4 is 16.0 Å². The van der Waals surface area contributed by atoms with E-state index in [-0.39, 0.29) is 11.8 Å². The van der Waals surface area contributed by atoms with Crippen molar-refractivity contribution in [2.24, 2.45) is 0 Å². The number of carbonyl (C=O) groups is 2. The topological polar surface area (TPSA) is 70.2 Å². The van der Waals surface area contributed by atoms with Crippen LogP contribution in [0, 0.1) is 6.92 Å². The summed E-state index contributed by atoms with van der Waals surface area (Å²) in [7, 11) is 0. The Morgan fingerprint density at radius 1 is 1.05 bits per heavy atom. The molecule has 0 radical (unpaired) electrons. The predicted molar refractivity (Wildman–Crippen MR) is 81.9 cm³/mol. The molecule has 0 aliphatic carbocycles. The molecule has 0 aliphatic heterocycles. The Morgan fingerprint density at radius 2 is 1.65 bits per heavy atom. The van der Waals surface area contributed by atoms with Gasteiger partial charge in [0.05, 0.1) is 0 Å². The van der Waals surface area contributed by atoms with Crippen molar-refractivity contribution in [1.29, 1.82) is 0 Å². The van der Waals surface area contributed by atoms with Gasteiger partial charge in [-0.25, -0.2) is 0 Å². The smallest absolute Gasteiger partial charge is 0.225 e. The highest BCUT2D eigenvalue weighted by Gasteiger charge is 2.08. The molecule has 20 heavy (non-hydrogen) atoms. The second kappa shape index (κ2) is 8.32. The first-order valence-electron chi connectivity index (χ1n) is 6.98. The fourth-order valence-electron chi connectivity index (χ4n) is 1.74. The average Bonchev–Trinajstić information content (AvgIpc) is 2.43. The van der Waals surface area contributed by atoms with E-state index in [0.717, 1.165) is 23.5 Å². The van der Waals surface area contributed by atoms with Gasteiger partial charge < -0.3 is 16.0 Å². The van der Waals surface area contributed by atoms with Gasteiger partial charge in [0, 0.05) is 30.8 Å². The zero-order chi connectivity index (χ0) is 15.0. The van der Waals surface area contributed by atoms with E-state index in [1.165, 1.54) is 0 Å². The maximum absolute atomic E-state index is 11.8. The second-order valence-electron chi connectivity index (χ2n) is 4.53. The molecular formula is C15H23N3O2. The highest BCUT2D eigenvalue weighted by molar-refractivity contribution is 5.95. The summed E-state index contributed by atoms with van der Waals surface area (Å²) in [5.41, 5.74) is 2.34. The molecule has 0 fully saturated rings. The zero-order valence-electron chi connectivity index (χ0n) is 12.4. The lowest BCUT2D eigenvalue weighted by Gasteiger charge is -2.13. The Hall–Kier alpha value is -1.88. The standard InChI is InChI=1S/C15H23N3O2/c1-4-14(19)17-12-7-6-8-13(11(12)3)18-15(20)9-10-16-5-2/h6-8,16H,4-5,9-10H2,1-3H3,(H,17,19)(H,18,20). The molecule has 5 heteroatoms. The van der Waals surface area contributed by atoms with Crippen molar-refractivity contribution in [2.75, 3.05) is 23.7 Å². The van der Waals surface area contributed by atoms with Gasteiger partial charge in [-0.15, -0.1) is 0 Å². The van der Waals surface area contributed by atoms with Crippen molar-refractivity contribution in [3.8, 4) is 0 Å². The molecule has 0 saturated heterocycles. The Labute approximate surface area is 120 Å². The Kier molecular flexibility index (Phi) is 6.73. The zero-order valence-corrected chi connectivity index (χ0v) is 12.4. The minimum absolute atomic E-state index is 0.0342. The molecule has 110 valence electrons. The minimum Gasteiger partial charge on any atom is -0.326 e. The van der Waals surface area contributed by atoms with Crippen molar-refractivity contribution >= 4 is 23.2 Å². The molecule has 1 aromatic carbocycles. The fraction of sp³-hybridized carbons (Fsp3) is 0.467. The van der Waals surface area contributed by atoms with Crippen LogP contribution in [0.5, 0.6) is 0 Å². The largest absolute Gasteiger partial charge is 0.326 e. The van der Waals surface area contributed by atoms with Crippen molar-refractivity contribution < 1.29 is 9.59 Å². The van der Waals surface area contributed by atoms with Crippen LogP contribution in [-0.4, -0.2) is 24.9 Å². The Bertz CT molecular complexity index is 472. The summed E-state index contributed by atoms with van der Waals surface area (Å²) in [5, 5.41) is 8.80. The molecule has 0 aliphatic rings. The van der Waals surface area contributed by atoms with E-state index in [9.17, 15) is 9.59 Å². The third kappa shape index (κ3) is 5.01. The molecule has 0 saturated carbocycles. The summed E-state index contributed by atoms with van der Waals surface area (Å²) >= 11 is 0. The maximum atomic E-state index is 11.8. The summed E-state index contributed by atoms with van der Waals surface area (Å²) in [5.74, 6) is -0.0725. The van der Waals surface area contributed by atoms with Gasteiger partial charge in [0.1, 0.15) is 0 Å². The van der Waals surface area contributed by atoms with E-state index in [1.54, 1.807) is 6.92 Å². The first-order chi connectivity index (χ1) is 9.58. The predicted octanol–water partition coefficient (Wildman–Crippen LogP) is 2.28. The first kappa shape index (κ1) is 16.2. The van der Waals surface area contributed by atoms with Gasteiger partial charge in [0.25, 0.3) is 0 Å². The minimum atomic E-state index is -0.0382. The molecule has 1 aromatic rings. The summed E-state index contributed by atoms with van der Waals surface area (Å²) in [6, 6.07) is 5.48. The SMILES string of the molecule is CCNCCC(=O)Nc1cccc(NC(=O)CC)c1C. The monoisotopic (exact) mass is 277 g/mol. The number of hydrogen-bond acceptors (Lipinski definition) is 3. The summed E-state index contributed by atoms with van der Waals surface area (Å²) in [4.78, 5) is 23.2. The van der Waals surface area contributed by atoms with E-state index < -0.39 is 0 Å². The average molecular weight is 277 g/mol. The Balaban J connectivity index is 2.68. The number of amides is 2. The van der Waals surface area contributed by atoms with Gasteiger partial charge in [-0.1, -0.05) is 19.9 Å². The molecule has 0 aromatic heterocycles. The third-order valence-corrected chi connectivity index (χ3v) is 2.98. The number of nitrogens with one attached hydrogen (secondary N) is 3. The number of hydrogen-bond donors (Lipinski definition) is 3. The van der Waals surface area contributed by atoms with Crippen LogP contribution in [0.1, 0.15) is 32.3 Å². The van der Waals surface area contributed by atoms with Crippen LogP contribution >= 0.6 is 0 Å². The summed E-state index contributed by atoms with van der Waals surface area (Å²) in [6.45, 7) is 7.20. The molecular weight excluding hydrogens is 254 g/mol. The van der Waals surface area contributed by atoms with E-state index in [1.807, 2.05) is 32.0 Å². The molecule has 2 amide bonds. The first-order valence-corrected chi connectivity index (χ1v) is 6.98. The van der Waals surface area contributed by atoms with Crippen LogP contribution in [0.15, 0.2) is 18.2 Å². The van der Waals surface area contributed by atoms with Gasteiger partial charge in [0.15, 0.2) is 0 Å². The highest BCUT2D eigenvalue weighted by Crippen LogP contribution is 2.23. The molecule has 0 atom stereocenters. The van der Waals surface area contributed by atoms with Crippen LogP contribution in [-0.2, 0) is 9.59 Å². The lowest BCUT2D eigenvalue weighted by Crippen LogP contribution is -2.21. The van der Waals surface area contributed by atoms with E-state index >= 15 is 0 Å². The molecule has 0 bridgehead atoms. The molecule has 0 spiro atoms. The van der Waals surface area contributed by atoms with E-state index in [2.05, 4.69) is 16.0 Å². The van der Waals surface area contributed by atoms with Crippen molar-refractivity contribution in [3.05, 3.63) is 23.8 Å². The lowest BCUT2D eigenvalue weighted by molar-refractivity contribution is -0.116. The maximum Gasteiger partial charge on any atom is 0.225 e. The molecule has 3 N–H and O–H groups in total. The number of carbonyl (C=O) groups excluding carboxylic acids is 2. The second-order valence-corrected chi connectivity index (χ2v) is 4.53. The number of benzene rings is 1. The quantitative estimate of drug-likeness (QED) is 0.670.